The van der Waals surface area contributed by atoms with Crippen molar-refractivity contribution in [3.63, 3.8) is 0 Å². The second kappa shape index (κ2) is 13.3. The normalized spacial score (nSPS) is 24.8. The molecule has 0 aromatic heterocycles. The maximum Gasteiger partial charge on any atom is 0.289 e. The number of carbonyl (C=O) groups excluding carboxylic acids is 5. The molecule has 9 heteroatoms. The molecule has 9 nitrogen and oxygen atoms in total. The van der Waals surface area contributed by atoms with Crippen LogP contribution >= 0.6 is 0 Å². The van der Waals surface area contributed by atoms with Crippen molar-refractivity contribution >= 4 is 29.4 Å². The van der Waals surface area contributed by atoms with Crippen molar-refractivity contribution in [2.75, 3.05) is 13.1 Å². The van der Waals surface area contributed by atoms with Crippen molar-refractivity contribution in [1.29, 1.82) is 0 Å². The number of hydrogen-bond donors (Lipinski definition) is 3. The van der Waals surface area contributed by atoms with Crippen LogP contribution in [0.3, 0.4) is 0 Å². The van der Waals surface area contributed by atoms with E-state index in [0.717, 1.165) is 32.1 Å². The highest BCUT2D eigenvalue weighted by Crippen LogP contribution is 2.65. The summed E-state index contributed by atoms with van der Waals surface area (Å²) in [6.45, 7) is 18.0. The third-order valence-corrected chi connectivity index (χ3v) is 9.08. The topological polar surface area (TPSA) is 125 Å². The van der Waals surface area contributed by atoms with E-state index in [9.17, 15) is 24.0 Å². The fourth-order valence-electron chi connectivity index (χ4n) is 6.77. The van der Waals surface area contributed by atoms with Crippen molar-refractivity contribution < 1.29 is 24.0 Å². The summed E-state index contributed by atoms with van der Waals surface area (Å²) >= 11 is 0. The van der Waals surface area contributed by atoms with Gasteiger partial charge in [-0.05, 0) is 54.3 Å². The van der Waals surface area contributed by atoms with Gasteiger partial charge in [-0.25, -0.2) is 0 Å². The minimum Gasteiger partial charge on any atom is -0.346 e. The lowest BCUT2D eigenvalue weighted by atomic mass is 9.82. The summed E-state index contributed by atoms with van der Waals surface area (Å²) in [5.74, 6) is -2.23. The number of Topliss-reactive ketones (excluding diaryl/α,β-unsaturated/α-hetero) is 1. The maximum absolute atomic E-state index is 14.2. The Morgan fingerprint density at radius 2 is 1.66 bits per heavy atom. The minimum absolute atomic E-state index is 0.0179. The van der Waals surface area contributed by atoms with Gasteiger partial charge in [0.2, 0.25) is 23.5 Å². The quantitative estimate of drug-likeness (QED) is 0.232. The standard InChI is InChI=1S/C32H50N4O5/c1-8-10-16-22(27(38)29(40)33-17-9-2)34-28(39)26-24-21(32(24,6)7)19-36(26)30(41)25(20-14-12-11-13-15-20)35-23(37)18-31(3,4)5/h8-9,20-22,24-26H,1-2,10-19H2,3-7H3,(H,33,40)(H,34,39)(H,35,37). The molecule has 2 aliphatic carbocycles. The Hall–Kier alpha value is -2.97. The Labute approximate surface area is 245 Å². The molecule has 3 N–H and O–H groups in total. The summed E-state index contributed by atoms with van der Waals surface area (Å²) in [4.78, 5) is 68.2. The number of allylic oxidation sites excluding steroid dienone is 1. The number of piperidine rings is 1. The molecule has 3 fully saturated rings. The predicted octanol–water partition coefficient (Wildman–Crippen LogP) is 3.29. The fourth-order valence-corrected chi connectivity index (χ4v) is 6.77. The number of carbonyl (C=O) groups is 5. The van der Waals surface area contributed by atoms with Gasteiger partial charge in [-0.3, -0.25) is 24.0 Å². The molecule has 2 saturated carbocycles. The van der Waals surface area contributed by atoms with Crippen LogP contribution in [0, 0.1) is 28.6 Å². The van der Waals surface area contributed by atoms with E-state index in [4.69, 9.17) is 0 Å². The van der Waals surface area contributed by atoms with Crippen molar-refractivity contribution in [2.24, 2.45) is 28.6 Å². The molecular formula is C32H50N4O5. The van der Waals surface area contributed by atoms with Crippen LogP contribution in [0.5, 0.6) is 0 Å². The lowest BCUT2D eigenvalue weighted by molar-refractivity contribution is -0.146. The molecule has 0 radical (unpaired) electrons. The summed E-state index contributed by atoms with van der Waals surface area (Å²) in [5, 5.41) is 8.37. The smallest absolute Gasteiger partial charge is 0.289 e. The zero-order valence-corrected chi connectivity index (χ0v) is 25.6. The van der Waals surface area contributed by atoms with E-state index in [-0.39, 0.29) is 53.4 Å². The average Bonchev–Trinajstić information content (AvgIpc) is 3.23. The first-order valence-corrected chi connectivity index (χ1v) is 15.2. The van der Waals surface area contributed by atoms with Gasteiger partial charge in [0.15, 0.2) is 0 Å². The Bertz CT molecular complexity index is 1040. The number of nitrogens with one attached hydrogen (secondary N) is 3. The first-order valence-electron chi connectivity index (χ1n) is 15.2. The molecule has 0 aromatic carbocycles. The third kappa shape index (κ3) is 7.86. The van der Waals surface area contributed by atoms with Gasteiger partial charge in [0.25, 0.3) is 5.91 Å². The monoisotopic (exact) mass is 570 g/mol. The first kappa shape index (κ1) is 32.5. The summed E-state index contributed by atoms with van der Waals surface area (Å²) in [6, 6.07) is -2.50. The molecule has 5 atom stereocenters. The van der Waals surface area contributed by atoms with Gasteiger partial charge in [-0.2, -0.15) is 0 Å². The van der Waals surface area contributed by atoms with Gasteiger partial charge in [0.1, 0.15) is 12.1 Å². The van der Waals surface area contributed by atoms with Gasteiger partial charge in [-0.1, -0.05) is 66.0 Å². The summed E-state index contributed by atoms with van der Waals surface area (Å²) in [6.07, 6.45) is 8.90. The van der Waals surface area contributed by atoms with Crippen molar-refractivity contribution in [2.45, 2.75) is 104 Å². The van der Waals surface area contributed by atoms with Crippen LogP contribution in [0.15, 0.2) is 25.3 Å². The minimum atomic E-state index is -1.04. The SMILES string of the molecule is C=CCCC(NC(=O)C1C2C(CN1C(=O)C(NC(=O)CC(C)(C)C)C1CCCCC1)C2(C)C)C(=O)C(=O)NCC=C. The number of fused-ring (bicyclic) bond motifs is 1. The maximum atomic E-state index is 14.2. The van der Waals surface area contributed by atoms with Crippen LogP contribution in [0.2, 0.25) is 0 Å². The van der Waals surface area contributed by atoms with E-state index < -0.39 is 35.7 Å². The molecule has 1 heterocycles. The van der Waals surface area contributed by atoms with Gasteiger partial charge >= 0.3 is 0 Å². The van der Waals surface area contributed by atoms with Crippen LogP contribution in [0.25, 0.3) is 0 Å². The van der Waals surface area contributed by atoms with Gasteiger partial charge in [0, 0.05) is 19.5 Å². The fraction of sp³-hybridized carbons (Fsp3) is 0.719. The number of amides is 4. The Morgan fingerprint density at radius 1 is 1.00 bits per heavy atom. The zero-order chi connectivity index (χ0) is 30.5. The number of likely N-dealkylation sites (tertiary alicyclic amines) is 1. The van der Waals surface area contributed by atoms with E-state index in [0.29, 0.717) is 19.4 Å². The second-order valence-corrected chi connectivity index (χ2v) is 13.9. The number of nitrogens with zero attached hydrogens (tertiary/aromatic N) is 1. The molecule has 5 unspecified atom stereocenters. The predicted molar refractivity (Wildman–Crippen MR) is 158 cm³/mol. The summed E-state index contributed by atoms with van der Waals surface area (Å²) in [5.41, 5.74) is -0.354. The van der Waals surface area contributed by atoms with E-state index >= 15 is 0 Å². The van der Waals surface area contributed by atoms with Crippen LogP contribution in [0.4, 0.5) is 0 Å². The molecule has 0 aromatic rings. The Balaban J connectivity index is 1.85. The van der Waals surface area contributed by atoms with Crippen molar-refractivity contribution in [3.8, 4) is 0 Å². The van der Waals surface area contributed by atoms with E-state index in [2.05, 4.69) is 43.0 Å². The van der Waals surface area contributed by atoms with Crippen LogP contribution in [-0.2, 0) is 24.0 Å². The molecule has 228 valence electrons. The van der Waals surface area contributed by atoms with Crippen LogP contribution in [0.1, 0.15) is 86.0 Å². The number of hydrogen-bond acceptors (Lipinski definition) is 5. The molecule has 0 bridgehead atoms. The lowest BCUT2D eigenvalue weighted by Gasteiger charge is -2.37. The average molecular weight is 571 g/mol. The molecule has 1 aliphatic heterocycles. The zero-order valence-electron chi connectivity index (χ0n) is 25.6. The first-order chi connectivity index (χ1) is 19.2. The van der Waals surface area contributed by atoms with Gasteiger partial charge < -0.3 is 20.9 Å². The highest BCUT2D eigenvalue weighted by molar-refractivity contribution is 6.38. The molecule has 3 rings (SSSR count). The summed E-state index contributed by atoms with van der Waals surface area (Å²) in [7, 11) is 0. The van der Waals surface area contributed by atoms with Gasteiger partial charge in [0.05, 0.1) is 6.04 Å². The number of ketones is 1. The van der Waals surface area contributed by atoms with Gasteiger partial charge in [-0.15, -0.1) is 13.2 Å². The molecule has 4 amide bonds. The highest BCUT2D eigenvalue weighted by Gasteiger charge is 2.69. The molecule has 1 saturated heterocycles. The molecule has 3 aliphatic rings. The molecule has 0 spiro atoms. The second-order valence-electron chi connectivity index (χ2n) is 13.9. The van der Waals surface area contributed by atoms with E-state index in [1.54, 1.807) is 11.0 Å². The largest absolute Gasteiger partial charge is 0.346 e. The van der Waals surface area contributed by atoms with Crippen LogP contribution in [-0.4, -0.2) is 65.5 Å². The van der Waals surface area contributed by atoms with Crippen molar-refractivity contribution in [1.82, 2.24) is 20.9 Å². The third-order valence-electron chi connectivity index (χ3n) is 9.08. The summed E-state index contributed by atoms with van der Waals surface area (Å²) < 4.78 is 0. The highest BCUT2D eigenvalue weighted by atomic mass is 16.2. The van der Waals surface area contributed by atoms with Crippen LogP contribution < -0.4 is 16.0 Å². The lowest BCUT2D eigenvalue weighted by Crippen LogP contribution is -2.59. The van der Waals surface area contributed by atoms with Crippen molar-refractivity contribution in [3.05, 3.63) is 25.3 Å². The Kier molecular flexibility index (Phi) is 10.6. The molecular weight excluding hydrogens is 520 g/mol. The Morgan fingerprint density at radius 3 is 2.24 bits per heavy atom. The van der Waals surface area contributed by atoms with E-state index in [1.807, 2.05) is 20.8 Å². The number of rotatable bonds is 13. The molecule has 41 heavy (non-hydrogen) atoms. The van der Waals surface area contributed by atoms with E-state index in [1.165, 1.54) is 6.08 Å².